The molecule has 1 fully saturated rings. The van der Waals surface area contributed by atoms with Gasteiger partial charge < -0.3 is 4.57 Å². The highest BCUT2D eigenvalue weighted by Gasteiger charge is 2.14. The largest absolute Gasteiger partial charge is 0.356 e. The van der Waals surface area contributed by atoms with E-state index in [-0.39, 0.29) is 5.91 Å². The Kier molecular flexibility index (Phi) is 3.06. The topological polar surface area (TPSA) is 37.3 Å². The number of aryl methyl sites for hydroxylation is 1. The van der Waals surface area contributed by atoms with E-state index in [9.17, 15) is 4.79 Å². The van der Waals surface area contributed by atoms with Gasteiger partial charge in [-0.2, -0.15) is 0 Å². The summed E-state index contributed by atoms with van der Waals surface area (Å²) in [6, 6.07) is 1.83. The molecule has 0 unspecified atom stereocenters. The van der Waals surface area contributed by atoms with Gasteiger partial charge in [0.2, 0.25) is 0 Å². The molecule has 1 aromatic heterocycles. The van der Waals surface area contributed by atoms with Crippen molar-refractivity contribution in [3.63, 3.8) is 0 Å². The van der Waals surface area contributed by atoms with Gasteiger partial charge in [-0.15, -0.1) is 0 Å². The number of carbonyl (C=O) groups is 1. The van der Waals surface area contributed by atoms with Crippen LogP contribution in [-0.2, 0) is 7.05 Å². The second kappa shape index (κ2) is 4.49. The van der Waals surface area contributed by atoms with E-state index in [1.807, 2.05) is 35.1 Å². The van der Waals surface area contributed by atoms with Crippen LogP contribution in [0.4, 0.5) is 0 Å². The van der Waals surface area contributed by atoms with E-state index in [1.54, 1.807) is 0 Å². The number of piperidine rings is 1. The highest BCUT2D eigenvalue weighted by molar-refractivity contribution is 5.93. The normalized spacial score (nSPS) is 17.7. The molecule has 1 aromatic rings. The lowest BCUT2D eigenvalue weighted by Gasteiger charge is -2.26. The van der Waals surface area contributed by atoms with E-state index in [0.29, 0.717) is 0 Å². The van der Waals surface area contributed by atoms with Crippen LogP contribution in [0.5, 0.6) is 0 Å². The predicted octanol–water partition coefficient (Wildman–Crippen LogP) is 1.16. The Morgan fingerprint density at radius 3 is 2.67 bits per heavy atom. The summed E-state index contributed by atoms with van der Waals surface area (Å²) in [4.78, 5) is 11.8. The minimum Gasteiger partial charge on any atom is -0.356 e. The van der Waals surface area contributed by atoms with Gasteiger partial charge in [0, 0.05) is 32.5 Å². The van der Waals surface area contributed by atoms with Gasteiger partial charge in [-0.25, -0.2) is 5.01 Å². The number of hydrazine groups is 1. The lowest BCUT2D eigenvalue weighted by molar-refractivity contribution is 0.0750. The third kappa shape index (κ3) is 2.59. The summed E-state index contributed by atoms with van der Waals surface area (Å²) < 4.78 is 1.88. The molecule has 0 radical (unpaired) electrons. The maximum atomic E-state index is 11.8. The molecule has 1 amide bonds. The average Bonchev–Trinajstić information content (AvgIpc) is 2.66. The van der Waals surface area contributed by atoms with Crippen LogP contribution in [0.1, 0.15) is 29.6 Å². The number of hydrogen-bond acceptors (Lipinski definition) is 2. The Labute approximate surface area is 89.8 Å². The van der Waals surface area contributed by atoms with Crippen LogP contribution in [0.2, 0.25) is 0 Å². The molecule has 82 valence electrons. The molecular weight excluding hydrogens is 190 g/mol. The van der Waals surface area contributed by atoms with Gasteiger partial charge in [0.25, 0.3) is 5.91 Å². The number of hydrogen-bond donors (Lipinski definition) is 1. The molecule has 4 heteroatoms. The third-order valence-corrected chi connectivity index (χ3v) is 2.71. The fourth-order valence-electron chi connectivity index (χ4n) is 1.85. The average molecular weight is 207 g/mol. The zero-order chi connectivity index (χ0) is 10.7. The zero-order valence-electron chi connectivity index (χ0n) is 9.07. The molecule has 0 spiro atoms. The number of amides is 1. The SMILES string of the molecule is Cn1ccc(C(=O)NN2CCCCC2)c1. The van der Waals surface area contributed by atoms with Crippen LogP contribution in [0.3, 0.4) is 0 Å². The summed E-state index contributed by atoms with van der Waals surface area (Å²) in [5.41, 5.74) is 3.65. The van der Waals surface area contributed by atoms with Crippen molar-refractivity contribution < 1.29 is 4.79 Å². The van der Waals surface area contributed by atoms with Crippen molar-refractivity contribution in [2.45, 2.75) is 19.3 Å². The molecule has 2 rings (SSSR count). The van der Waals surface area contributed by atoms with Crippen LogP contribution in [-0.4, -0.2) is 28.6 Å². The zero-order valence-corrected chi connectivity index (χ0v) is 9.07. The molecule has 15 heavy (non-hydrogen) atoms. The minimum absolute atomic E-state index is 0.00231. The van der Waals surface area contributed by atoms with Gasteiger partial charge >= 0.3 is 0 Å². The second-order valence-corrected chi connectivity index (χ2v) is 4.05. The maximum Gasteiger partial charge on any atom is 0.267 e. The van der Waals surface area contributed by atoms with E-state index in [2.05, 4.69) is 5.43 Å². The molecule has 0 aromatic carbocycles. The van der Waals surface area contributed by atoms with Crippen molar-refractivity contribution in [1.29, 1.82) is 0 Å². The molecule has 0 aliphatic carbocycles. The van der Waals surface area contributed by atoms with E-state index in [4.69, 9.17) is 0 Å². The number of aromatic nitrogens is 1. The Hall–Kier alpha value is -1.29. The summed E-state index contributed by atoms with van der Waals surface area (Å²) in [6.45, 7) is 1.94. The standard InChI is InChI=1S/C11H17N3O/c1-13-8-5-10(9-13)11(15)12-14-6-3-2-4-7-14/h5,8-9H,2-4,6-7H2,1H3,(H,12,15). The van der Waals surface area contributed by atoms with Crippen molar-refractivity contribution in [3.8, 4) is 0 Å². The van der Waals surface area contributed by atoms with Gasteiger partial charge in [-0.05, 0) is 18.9 Å². The summed E-state index contributed by atoms with van der Waals surface area (Å²) in [7, 11) is 1.91. The lowest BCUT2D eigenvalue weighted by Crippen LogP contribution is -2.44. The molecule has 1 saturated heterocycles. The summed E-state index contributed by atoms with van der Waals surface area (Å²) in [6.07, 6.45) is 7.34. The first kappa shape index (κ1) is 10.2. The van der Waals surface area contributed by atoms with Crippen molar-refractivity contribution in [2.75, 3.05) is 13.1 Å². The first-order valence-electron chi connectivity index (χ1n) is 5.43. The van der Waals surface area contributed by atoms with Crippen LogP contribution in [0, 0.1) is 0 Å². The van der Waals surface area contributed by atoms with Gasteiger partial charge in [-0.3, -0.25) is 10.2 Å². The molecule has 0 saturated carbocycles. The molecular formula is C11H17N3O. The number of rotatable bonds is 2. The maximum absolute atomic E-state index is 11.8. The highest BCUT2D eigenvalue weighted by atomic mass is 16.2. The Morgan fingerprint density at radius 1 is 1.33 bits per heavy atom. The van der Waals surface area contributed by atoms with Gasteiger partial charge in [0.05, 0.1) is 5.56 Å². The highest BCUT2D eigenvalue weighted by Crippen LogP contribution is 2.07. The van der Waals surface area contributed by atoms with Crippen molar-refractivity contribution >= 4 is 5.91 Å². The number of carbonyl (C=O) groups excluding carboxylic acids is 1. The monoisotopic (exact) mass is 207 g/mol. The lowest BCUT2D eigenvalue weighted by atomic mass is 10.2. The van der Waals surface area contributed by atoms with Crippen molar-refractivity contribution in [3.05, 3.63) is 24.0 Å². The van der Waals surface area contributed by atoms with Crippen molar-refractivity contribution in [1.82, 2.24) is 15.0 Å². The first-order valence-corrected chi connectivity index (χ1v) is 5.43. The van der Waals surface area contributed by atoms with E-state index in [0.717, 1.165) is 18.7 Å². The Morgan fingerprint density at radius 2 is 2.07 bits per heavy atom. The van der Waals surface area contributed by atoms with Crippen LogP contribution < -0.4 is 5.43 Å². The molecule has 1 aliphatic heterocycles. The fraction of sp³-hybridized carbons (Fsp3) is 0.545. The van der Waals surface area contributed by atoms with Gasteiger partial charge in [-0.1, -0.05) is 6.42 Å². The Bertz CT molecular complexity index is 339. The predicted molar refractivity (Wildman–Crippen MR) is 58.3 cm³/mol. The van der Waals surface area contributed by atoms with Crippen LogP contribution in [0.25, 0.3) is 0 Å². The number of nitrogens with zero attached hydrogens (tertiary/aromatic N) is 2. The molecule has 0 atom stereocenters. The number of nitrogens with one attached hydrogen (secondary N) is 1. The first-order chi connectivity index (χ1) is 7.25. The molecule has 1 N–H and O–H groups in total. The third-order valence-electron chi connectivity index (χ3n) is 2.71. The quantitative estimate of drug-likeness (QED) is 0.790. The van der Waals surface area contributed by atoms with E-state index >= 15 is 0 Å². The van der Waals surface area contributed by atoms with Gasteiger partial charge in [0.15, 0.2) is 0 Å². The van der Waals surface area contributed by atoms with E-state index < -0.39 is 0 Å². The smallest absolute Gasteiger partial charge is 0.267 e. The molecule has 2 heterocycles. The van der Waals surface area contributed by atoms with Crippen molar-refractivity contribution in [2.24, 2.45) is 7.05 Å². The van der Waals surface area contributed by atoms with E-state index in [1.165, 1.54) is 19.3 Å². The second-order valence-electron chi connectivity index (χ2n) is 4.05. The minimum atomic E-state index is -0.00231. The summed E-state index contributed by atoms with van der Waals surface area (Å²) >= 11 is 0. The van der Waals surface area contributed by atoms with Crippen LogP contribution in [0.15, 0.2) is 18.5 Å². The molecule has 0 bridgehead atoms. The van der Waals surface area contributed by atoms with Gasteiger partial charge in [0.1, 0.15) is 0 Å². The Balaban J connectivity index is 1.91. The summed E-state index contributed by atoms with van der Waals surface area (Å²) in [5, 5.41) is 2.01. The fourth-order valence-corrected chi connectivity index (χ4v) is 1.85. The molecule has 4 nitrogen and oxygen atoms in total. The molecule has 1 aliphatic rings. The summed E-state index contributed by atoms with van der Waals surface area (Å²) in [5.74, 6) is -0.00231. The van der Waals surface area contributed by atoms with Crippen LogP contribution >= 0.6 is 0 Å².